The van der Waals surface area contributed by atoms with Crippen LogP contribution in [0.1, 0.15) is 41.8 Å². The number of benzene rings is 2. The molecule has 2 amide bonds. The quantitative estimate of drug-likeness (QED) is 0.377. The molecule has 226 valence electrons. The summed E-state index contributed by atoms with van der Waals surface area (Å²) < 4.78 is 13.7. The van der Waals surface area contributed by atoms with E-state index in [9.17, 15) is 9.59 Å². The molecule has 2 fully saturated rings. The van der Waals surface area contributed by atoms with Gasteiger partial charge in [0.1, 0.15) is 5.75 Å². The third-order valence-corrected chi connectivity index (χ3v) is 8.07. The summed E-state index contributed by atoms with van der Waals surface area (Å²) in [5.41, 5.74) is 3.90. The minimum absolute atomic E-state index is 0.0315. The van der Waals surface area contributed by atoms with Crippen LogP contribution in [-0.4, -0.2) is 103 Å². The molecule has 0 radical (unpaired) electrons. The Morgan fingerprint density at radius 3 is 2.43 bits per heavy atom. The second-order valence-corrected chi connectivity index (χ2v) is 11.7. The van der Waals surface area contributed by atoms with Crippen molar-refractivity contribution in [3.05, 3.63) is 65.4 Å². The first-order valence-corrected chi connectivity index (χ1v) is 15.3. The van der Waals surface area contributed by atoms with Crippen LogP contribution in [0.3, 0.4) is 0 Å². The standard InChI is InChI=1S/C33H45N5O4/c1-25(2)42-30-10-5-9-28-29(33(40)34-22-27-8-4-7-26(3)21-27)23-38(32(28)30)12-6-11-35-13-15-36(16-14-35)24-31(39)37-17-19-41-20-18-37/h4-5,7-10,21,23,25H,6,11-20,22,24H2,1-3H3,(H,34,40). The molecular weight excluding hydrogens is 530 g/mol. The van der Waals surface area contributed by atoms with E-state index in [0.717, 1.165) is 67.9 Å². The highest BCUT2D eigenvalue weighted by molar-refractivity contribution is 6.08. The summed E-state index contributed by atoms with van der Waals surface area (Å²) in [6.07, 6.45) is 2.97. The summed E-state index contributed by atoms with van der Waals surface area (Å²) in [6, 6.07) is 14.2. The molecule has 9 heteroatoms. The van der Waals surface area contributed by atoms with Gasteiger partial charge in [0.25, 0.3) is 5.91 Å². The lowest BCUT2D eigenvalue weighted by molar-refractivity contribution is -0.136. The maximum atomic E-state index is 13.4. The Morgan fingerprint density at radius 1 is 0.952 bits per heavy atom. The number of amides is 2. The maximum Gasteiger partial charge on any atom is 0.253 e. The number of ether oxygens (including phenoxy) is 2. The van der Waals surface area contributed by atoms with Crippen molar-refractivity contribution < 1.29 is 19.1 Å². The molecule has 1 N–H and O–H groups in total. The van der Waals surface area contributed by atoms with Crippen molar-refractivity contribution in [2.75, 3.05) is 65.6 Å². The molecule has 9 nitrogen and oxygen atoms in total. The van der Waals surface area contributed by atoms with Crippen LogP contribution < -0.4 is 10.1 Å². The lowest BCUT2D eigenvalue weighted by Gasteiger charge is -2.36. The van der Waals surface area contributed by atoms with Crippen LogP contribution in [-0.2, 0) is 22.6 Å². The van der Waals surface area contributed by atoms with Gasteiger partial charge >= 0.3 is 0 Å². The number of piperazine rings is 1. The highest BCUT2D eigenvalue weighted by Gasteiger charge is 2.23. The van der Waals surface area contributed by atoms with E-state index in [-0.39, 0.29) is 17.9 Å². The molecule has 0 bridgehead atoms. The van der Waals surface area contributed by atoms with Crippen molar-refractivity contribution in [2.45, 2.75) is 46.4 Å². The molecular formula is C33H45N5O4. The lowest BCUT2D eigenvalue weighted by Crippen LogP contribution is -2.51. The summed E-state index contributed by atoms with van der Waals surface area (Å²) in [7, 11) is 0. The second-order valence-electron chi connectivity index (χ2n) is 11.7. The normalized spacial score (nSPS) is 16.7. The van der Waals surface area contributed by atoms with Crippen molar-refractivity contribution in [1.29, 1.82) is 0 Å². The minimum atomic E-state index is -0.0790. The molecule has 0 atom stereocenters. The van der Waals surface area contributed by atoms with E-state index in [0.29, 0.717) is 45.0 Å². The highest BCUT2D eigenvalue weighted by Crippen LogP contribution is 2.31. The average Bonchev–Trinajstić information content (AvgIpc) is 3.36. The van der Waals surface area contributed by atoms with Gasteiger partial charge in [0.15, 0.2) is 0 Å². The van der Waals surface area contributed by atoms with E-state index in [1.165, 1.54) is 5.56 Å². The zero-order valence-electron chi connectivity index (χ0n) is 25.3. The Kier molecular flexibility index (Phi) is 10.2. The van der Waals surface area contributed by atoms with Gasteiger partial charge in [-0.25, -0.2) is 0 Å². The van der Waals surface area contributed by atoms with E-state index in [2.05, 4.69) is 38.7 Å². The number of hydrogen-bond acceptors (Lipinski definition) is 6. The summed E-state index contributed by atoms with van der Waals surface area (Å²) in [6.45, 7) is 15.2. The van der Waals surface area contributed by atoms with Crippen LogP contribution in [0.25, 0.3) is 10.9 Å². The number of aryl methyl sites for hydroxylation is 2. The molecule has 3 heterocycles. The first-order chi connectivity index (χ1) is 20.4. The smallest absolute Gasteiger partial charge is 0.253 e. The molecule has 42 heavy (non-hydrogen) atoms. The van der Waals surface area contributed by atoms with Crippen LogP contribution in [0.4, 0.5) is 0 Å². The number of morpholine rings is 1. The fraction of sp³-hybridized carbons (Fsp3) is 0.515. The number of carbonyl (C=O) groups is 2. The first kappa shape index (κ1) is 30.1. The Hall–Kier alpha value is -3.40. The molecule has 1 aromatic heterocycles. The van der Waals surface area contributed by atoms with E-state index in [1.807, 2.05) is 55.3 Å². The minimum Gasteiger partial charge on any atom is -0.489 e. The summed E-state index contributed by atoms with van der Waals surface area (Å²) in [5, 5.41) is 4.03. The Balaban J connectivity index is 1.19. The summed E-state index contributed by atoms with van der Waals surface area (Å²) >= 11 is 0. The predicted molar refractivity (Wildman–Crippen MR) is 165 cm³/mol. The van der Waals surface area contributed by atoms with Gasteiger partial charge in [-0.3, -0.25) is 14.5 Å². The second kappa shape index (κ2) is 14.2. The molecule has 3 aromatic rings. The summed E-state index contributed by atoms with van der Waals surface area (Å²) in [5.74, 6) is 0.938. The third-order valence-electron chi connectivity index (χ3n) is 8.07. The van der Waals surface area contributed by atoms with Crippen LogP contribution in [0.5, 0.6) is 5.75 Å². The lowest BCUT2D eigenvalue weighted by atomic mass is 10.1. The highest BCUT2D eigenvalue weighted by atomic mass is 16.5. The zero-order valence-corrected chi connectivity index (χ0v) is 25.3. The van der Waals surface area contributed by atoms with Crippen LogP contribution >= 0.6 is 0 Å². The SMILES string of the molecule is Cc1cccc(CNC(=O)c2cn(CCCN3CCN(CC(=O)N4CCOCC4)CC3)c3c(OC(C)C)cccc23)c1. The number of para-hydroxylation sites is 1. The van der Waals surface area contributed by atoms with E-state index < -0.39 is 0 Å². The Bertz CT molecular complexity index is 1360. The van der Waals surface area contributed by atoms with Gasteiger partial charge in [-0.2, -0.15) is 0 Å². The van der Waals surface area contributed by atoms with E-state index >= 15 is 0 Å². The van der Waals surface area contributed by atoms with Gasteiger partial charge < -0.3 is 29.2 Å². The van der Waals surface area contributed by atoms with Crippen molar-refractivity contribution in [3.63, 3.8) is 0 Å². The number of carbonyl (C=O) groups excluding carboxylic acids is 2. The molecule has 0 saturated carbocycles. The fourth-order valence-electron chi connectivity index (χ4n) is 5.87. The number of nitrogens with one attached hydrogen (secondary N) is 1. The number of fused-ring (bicyclic) bond motifs is 1. The van der Waals surface area contributed by atoms with Gasteiger partial charge in [0.05, 0.1) is 36.9 Å². The van der Waals surface area contributed by atoms with Crippen LogP contribution in [0, 0.1) is 6.92 Å². The first-order valence-electron chi connectivity index (χ1n) is 15.3. The van der Waals surface area contributed by atoms with Gasteiger partial charge in [-0.1, -0.05) is 42.0 Å². The Labute approximate surface area is 249 Å². The Morgan fingerprint density at radius 2 is 1.69 bits per heavy atom. The largest absolute Gasteiger partial charge is 0.489 e. The number of hydrogen-bond donors (Lipinski definition) is 1. The van der Waals surface area contributed by atoms with Crippen LogP contribution in [0.2, 0.25) is 0 Å². The number of nitrogens with zero attached hydrogens (tertiary/aromatic N) is 4. The van der Waals surface area contributed by atoms with Crippen molar-refractivity contribution in [1.82, 2.24) is 24.6 Å². The molecule has 2 aromatic carbocycles. The molecule has 2 aliphatic heterocycles. The van der Waals surface area contributed by atoms with Gasteiger partial charge in [-0.05, 0) is 45.4 Å². The maximum absolute atomic E-state index is 13.4. The monoisotopic (exact) mass is 575 g/mol. The van der Waals surface area contributed by atoms with Crippen LogP contribution in [0.15, 0.2) is 48.7 Å². The summed E-state index contributed by atoms with van der Waals surface area (Å²) in [4.78, 5) is 32.7. The third kappa shape index (κ3) is 7.70. The predicted octanol–water partition coefficient (Wildman–Crippen LogP) is 3.53. The van der Waals surface area contributed by atoms with Gasteiger partial charge in [0, 0.05) is 63.9 Å². The van der Waals surface area contributed by atoms with Crippen molar-refractivity contribution >= 4 is 22.7 Å². The zero-order chi connectivity index (χ0) is 29.5. The van der Waals surface area contributed by atoms with Gasteiger partial charge in [0.2, 0.25) is 5.91 Å². The molecule has 2 aliphatic rings. The average molecular weight is 576 g/mol. The molecule has 0 aliphatic carbocycles. The number of rotatable bonds is 11. The molecule has 2 saturated heterocycles. The van der Waals surface area contributed by atoms with E-state index in [4.69, 9.17) is 9.47 Å². The molecule has 5 rings (SSSR count). The van der Waals surface area contributed by atoms with Gasteiger partial charge in [-0.15, -0.1) is 0 Å². The topological polar surface area (TPSA) is 79.3 Å². The fourth-order valence-corrected chi connectivity index (χ4v) is 5.87. The van der Waals surface area contributed by atoms with E-state index in [1.54, 1.807) is 0 Å². The van der Waals surface area contributed by atoms with Crippen molar-refractivity contribution in [2.24, 2.45) is 0 Å². The molecule has 0 unspecified atom stereocenters. The molecule has 0 spiro atoms. The number of aromatic nitrogens is 1. The van der Waals surface area contributed by atoms with Crippen molar-refractivity contribution in [3.8, 4) is 5.75 Å².